The lowest BCUT2D eigenvalue weighted by Crippen LogP contribution is -2.38. The number of fused-ring (bicyclic) bond motifs is 1. The highest BCUT2D eigenvalue weighted by Gasteiger charge is 2.23. The fourth-order valence-electron chi connectivity index (χ4n) is 2.54. The Morgan fingerprint density at radius 2 is 2.06 bits per heavy atom. The number of nitrogens with one attached hydrogen (secondary N) is 1. The second kappa shape index (κ2) is 5.11. The number of carbonyl (C=O) groups excluding carboxylic acids is 1. The summed E-state index contributed by atoms with van der Waals surface area (Å²) >= 11 is 0. The van der Waals surface area contributed by atoms with Crippen LogP contribution in [-0.2, 0) is 17.8 Å². The number of benzene rings is 1. The van der Waals surface area contributed by atoms with E-state index >= 15 is 0 Å². The predicted molar refractivity (Wildman–Crippen MR) is 71.2 cm³/mol. The first kappa shape index (κ1) is 11.7. The van der Waals surface area contributed by atoms with Crippen molar-refractivity contribution in [3.05, 3.63) is 35.4 Å². The van der Waals surface area contributed by atoms with Crippen molar-refractivity contribution in [2.45, 2.75) is 38.3 Å². The van der Waals surface area contributed by atoms with Gasteiger partial charge < -0.3 is 10.2 Å². The van der Waals surface area contributed by atoms with Crippen molar-refractivity contribution in [2.24, 2.45) is 0 Å². The summed E-state index contributed by atoms with van der Waals surface area (Å²) in [5, 5.41) is 3.31. The highest BCUT2D eigenvalue weighted by Crippen LogP contribution is 2.20. The Kier molecular flexibility index (Phi) is 3.33. The van der Waals surface area contributed by atoms with Gasteiger partial charge in [-0.2, -0.15) is 0 Å². The van der Waals surface area contributed by atoms with E-state index in [-0.39, 0.29) is 5.91 Å². The third-order valence-corrected chi connectivity index (χ3v) is 3.83. The minimum Gasteiger partial charge on any atom is -0.337 e. The molecule has 18 heavy (non-hydrogen) atoms. The third-order valence-electron chi connectivity index (χ3n) is 3.83. The maximum Gasteiger partial charge on any atom is 0.236 e. The molecular weight excluding hydrogens is 224 g/mol. The van der Waals surface area contributed by atoms with Crippen LogP contribution in [0.5, 0.6) is 0 Å². The topological polar surface area (TPSA) is 32.3 Å². The lowest BCUT2D eigenvalue weighted by molar-refractivity contribution is -0.130. The van der Waals surface area contributed by atoms with Gasteiger partial charge in [-0.3, -0.25) is 4.79 Å². The zero-order valence-corrected chi connectivity index (χ0v) is 10.7. The van der Waals surface area contributed by atoms with Crippen LogP contribution in [0.1, 0.15) is 30.4 Å². The van der Waals surface area contributed by atoms with E-state index in [1.807, 2.05) is 4.90 Å². The summed E-state index contributed by atoms with van der Waals surface area (Å²) in [6.45, 7) is 2.17. The zero-order chi connectivity index (χ0) is 12.4. The summed E-state index contributed by atoms with van der Waals surface area (Å²) in [5.41, 5.74) is 2.72. The molecule has 96 valence electrons. The predicted octanol–water partition coefficient (Wildman–Crippen LogP) is 1.71. The van der Waals surface area contributed by atoms with Crippen LogP contribution < -0.4 is 5.32 Å². The quantitative estimate of drug-likeness (QED) is 0.878. The maximum absolute atomic E-state index is 12.2. The van der Waals surface area contributed by atoms with Crippen molar-refractivity contribution >= 4 is 5.91 Å². The number of hydrogen-bond acceptors (Lipinski definition) is 2. The third kappa shape index (κ3) is 2.72. The Balaban J connectivity index is 1.64. The fraction of sp³-hybridized carbons (Fsp3) is 0.533. The molecule has 0 spiro atoms. The fourth-order valence-corrected chi connectivity index (χ4v) is 2.54. The molecule has 0 saturated heterocycles. The molecular formula is C15H20N2O. The second-order valence-corrected chi connectivity index (χ2v) is 5.34. The van der Waals surface area contributed by atoms with Crippen molar-refractivity contribution < 1.29 is 4.79 Å². The van der Waals surface area contributed by atoms with Gasteiger partial charge in [0.1, 0.15) is 0 Å². The molecule has 0 aromatic heterocycles. The Bertz CT molecular complexity index is 440. The standard InChI is InChI=1S/C15H20N2O/c18-15(10-16-14-7-8-14)17-9-3-6-12-4-1-2-5-13(12)11-17/h1-2,4-5,14,16H,3,6-11H2. The highest BCUT2D eigenvalue weighted by atomic mass is 16.2. The van der Waals surface area contributed by atoms with Gasteiger partial charge in [0.2, 0.25) is 5.91 Å². The number of hydrogen-bond donors (Lipinski definition) is 1. The summed E-state index contributed by atoms with van der Waals surface area (Å²) < 4.78 is 0. The van der Waals surface area contributed by atoms with E-state index in [0.29, 0.717) is 12.6 Å². The van der Waals surface area contributed by atoms with Crippen LogP contribution in [0.4, 0.5) is 0 Å². The molecule has 1 aromatic carbocycles. The van der Waals surface area contributed by atoms with Gasteiger partial charge in [-0.1, -0.05) is 24.3 Å². The van der Waals surface area contributed by atoms with Gasteiger partial charge in [-0.05, 0) is 36.8 Å². The number of carbonyl (C=O) groups is 1. The molecule has 3 rings (SSSR count). The maximum atomic E-state index is 12.2. The second-order valence-electron chi connectivity index (χ2n) is 5.34. The van der Waals surface area contributed by atoms with Crippen LogP contribution in [0.25, 0.3) is 0 Å². The van der Waals surface area contributed by atoms with Crippen molar-refractivity contribution in [1.29, 1.82) is 0 Å². The summed E-state index contributed by atoms with van der Waals surface area (Å²) in [6, 6.07) is 9.09. The minimum absolute atomic E-state index is 0.249. The minimum atomic E-state index is 0.249. The Labute approximate surface area is 108 Å². The van der Waals surface area contributed by atoms with Gasteiger partial charge >= 0.3 is 0 Å². The number of amides is 1. The normalized spacial score (nSPS) is 19.2. The van der Waals surface area contributed by atoms with Crippen LogP contribution in [0.2, 0.25) is 0 Å². The van der Waals surface area contributed by atoms with Gasteiger partial charge in [0.15, 0.2) is 0 Å². The molecule has 1 fully saturated rings. The van der Waals surface area contributed by atoms with Gasteiger partial charge in [0, 0.05) is 19.1 Å². The van der Waals surface area contributed by atoms with Crippen LogP contribution in [0, 0.1) is 0 Å². The lowest BCUT2D eigenvalue weighted by Gasteiger charge is -2.21. The van der Waals surface area contributed by atoms with E-state index in [1.54, 1.807) is 0 Å². The summed E-state index contributed by atoms with van der Waals surface area (Å²) in [4.78, 5) is 14.2. The number of nitrogens with zero attached hydrogens (tertiary/aromatic N) is 1. The molecule has 3 nitrogen and oxygen atoms in total. The number of aryl methyl sites for hydroxylation is 1. The van der Waals surface area contributed by atoms with Crippen LogP contribution in [0.3, 0.4) is 0 Å². The monoisotopic (exact) mass is 244 g/mol. The molecule has 1 aliphatic carbocycles. The van der Waals surface area contributed by atoms with E-state index in [2.05, 4.69) is 29.6 Å². The largest absolute Gasteiger partial charge is 0.337 e. The molecule has 0 atom stereocenters. The van der Waals surface area contributed by atoms with Crippen LogP contribution >= 0.6 is 0 Å². The highest BCUT2D eigenvalue weighted by molar-refractivity contribution is 5.78. The van der Waals surface area contributed by atoms with Crippen molar-refractivity contribution in [3.8, 4) is 0 Å². The van der Waals surface area contributed by atoms with Crippen molar-refractivity contribution in [1.82, 2.24) is 10.2 Å². The van der Waals surface area contributed by atoms with Crippen LogP contribution in [-0.4, -0.2) is 29.9 Å². The van der Waals surface area contributed by atoms with Gasteiger partial charge in [-0.25, -0.2) is 0 Å². The van der Waals surface area contributed by atoms with Gasteiger partial charge in [0.05, 0.1) is 6.54 Å². The smallest absolute Gasteiger partial charge is 0.236 e. The van der Waals surface area contributed by atoms with Crippen molar-refractivity contribution in [2.75, 3.05) is 13.1 Å². The summed E-state index contributed by atoms with van der Waals surface area (Å²) in [6.07, 6.45) is 4.63. The van der Waals surface area contributed by atoms with Crippen LogP contribution in [0.15, 0.2) is 24.3 Å². The lowest BCUT2D eigenvalue weighted by atomic mass is 10.0. The Morgan fingerprint density at radius 1 is 1.28 bits per heavy atom. The van der Waals surface area contributed by atoms with E-state index in [4.69, 9.17) is 0 Å². The Morgan fingerprint density at radius 3 is 2.83 bits per heavy atom. The first-order valence-corrected chi connectivity index (χ1v) is 6.91. The summed E-state index contributed by atoms with van der Waals surface area (Å²) in [5.74, 6) is 0.249. The average Bonchev–Trinajstić information content (AvgIpc) is 3.21. The molecule has 0 radical (unpaired) electrons. The molecule has 1 saturated carbocycles. The van der Waals surface area contributed by atoms with Gasteiger partial charge in [-0.15, -0.1) is 0 Å². The zero-order valence-electron chi connectivity index (χ0n) is 10.7. The molecule has 1 aromatic rings. The average molecular weight is 244 g/mol. The summed E-state index contributed by atoms with van der Waals surface area (Å²) in [7, 11) is 0. The molecule has 1 N–H and O–H groups in total. The van der Waals surface area contributed by atoms with Gasteiger partial charge in [0.25, 0.3) is 0 Å². The molecule has 0 unspecified atom stereocenters. The SMILES string of the molecule is O=C(CNC1CC1)N1CCCc2ccccc2C1. The molecule has 3 heteroatoms. The molecule has 1 aliphatic heterocycles. The molecule has 1 amide bonds. The van der Waals surface area contributed by atoms with E-state index in [9.17, 15) is 4.79 Å². The molecule has 2 aliphatic rings. The van der Waals surface area contributed by atoms with E-state index < -0.39 is 0 Å². The first-order chi connectivity index (χ1) is 8.83. The van der Waals surface area contributed by atoms with E-state index in [0.717, 1.165) is 25.9 Å². The number of rotatable bonds is 3. The molecule has 1 heterocycles. The van der Waals surface area contributed by atoms with Crippen molar-refractivity contribution in [3.63, 3.8) is 0 Å². The first-order valence-electron chi connectivity index (χ1n) is 6.91. The molecule has 0 bridgehead atoms. The Hall–Kier alpha value is -1.35. The van der Waals surface area contributed by atoms with E-state index in [1.165, 1.54) is 24.0 Å².